The number of para-hydroxylation sites is 1. The zero-order chi connectivity index (χ0) is 16.1. The van der Waals surface area contributed by atoms with E-state index in [0.29, 0.717) is 5.75 Å². The lowest BCUT2D eigenvalue weighted by Crippen LogP contribution is -2.17. The quantitative estimate of drug-likeness (QED) is 0.357. The molecule has 0 heterocycles. The molecule has 0 aliphatic heterocycles. The highest BCUT2D eigenvalue weighted by molar-refractivity contribution is 6.37. The van der Waals surface area contributed by atoms with E-state index in [9.17, 15) is 14.9 Å². The first-order chi connectivity index (χ1) is 10.5. The Bertz CT molecular complexity index is 683. The molecule has 0 unspecified atom stereocenters. The van der Waals surface area contributed by atoms with Crippen molar-refractivity contribution >= 4 is 34.9 Å². The maximum atomic E-state index is 11.6. The SMILES string of the molecule is O=C(COc1c(Cl)cc([N+](=O)[O-])cc1Cl)Oc1ccccc1. The Hall–Kier alpha value is -2.31. The molecule has 0 amide bonds. The summed E-state index contributed by atoms with van der Waals surface area (Å²) in [7, 11) is 0. The predicted octanol–water partition coefficient (Wildman–Crippen LogP) is 3.89. The molecule has 0 N–H and O–H groups in total. The van der Waals surface area contributed by atoms with E-state index in [-0.39, 0.29) is 21.5 Å². The molecule has 22 heavy (non-hydrogen) atoms. The number of esters is 1. The van der Waals surface area contributed by atoms with Gasteiger partial charge in [0, 0.05) is 12.1 Å². The summed E-state index contributed by atoms with van der Waals surface area (Å²) in [5.41, 5.74) is -0.269. The van der Waals surface area contributed by atoms with Gasteiger partial charge in [0.15, 0.2) is 12.4 Å². The second-order valence-corrected chi connectivity index (χ2v) is 4.89. The molecule has 0 aromatic heterocycles. The van der Waals surface area contributed by atoms with Crippen molar-refractivity contribution in [1.29, 1.82) is 0 Å². The van der Waals surface area contributed by atoms with Crippen LogP contribution in [-0.2, 0) is 4.79 Å². The number of hydrogen-bond donors (Lipinski definition) is 0. The number of halogens is 2. The number of nitro groups is 1. The van der Waals surface area contributed by atoms with Gasteiger partial charge in [-0.3, -0.25) is 10.1 Å². The third-order valence-corrected chi connectivity index (χ3v) is 3.06. The molecule has 6 nitrogen and oxygen atoms in total. The van der Waals surface area contributed by atoms with Crippen LogP contribution in [0.15, 0.2) is 42.5 Å². The van der Waals surface area contributed by atoms with Gasteiger partial charge in [0.1, 0.15) is 5.75 Å². The average molecular weight is 342 g/mol. The lowest BCUT2D eigenvalue weighted by Gasteiger charge is -2.09. The second kappa shape index (κ2) is 7.11. The smallest absolute Gasteiger partial charge is 0.349 e. The molecular formula is C14H9Cl2NO5. The van der Waals surface area contributed by atoms with Crippen LogP contribution in [0.1, 0.15) is 0 Å². The number of hydrogen-bond acceptors (Lipinski definition) is 5. The van der Waals surface area contributed by atoms with Crippen LogP contribution in [0.25, 0.3) is 0 Å². The molecule has 0 saturated heterocycles. The van der Waals surface area contributed by atoms with Crippen LogP contribution < -0.4 is 9.47 Å². The molecule has 8 heteroatoms. The molecule has 0 atom stereocenters. The Balaban J connectivity index is 2.02. The normalized spacial score (nSPS) is 10.1. The van der Waals surface area contributed by atoms with E-state index in [0.717, 1.165) is 12.1 Å². The molecule has 2 aromatic rings. The molecule has 114 valence electrons. The number of ether oxygens (including phenoxy) is 2. The van der Waals surface area contributed by atoms with Gasteiger partial charge in [0.25, 0.3) is 5.69 Å². The van der Waals surface area contributed by atoms with Gasteiger partial charge in [-0.25, -0.2) is 4.79 Å². The minimum Gasteiger partial charge on any atom is -0.479 e. The van der Waals surface area contributed by atoms with Crippen LogP contribution in [-0.4, -0.2) is 17.5 Å². The largest absolute Gasteiger partial charge is 0.479 e. The molecule has 2 aromatic carbocycles. The molecule has 0 aliphatic rings. The standard InChI is InChI=1S/C14H9Cl2NO5/c15-11-6-9(17(19)20)7-12(16)14(11)21-8-13(18)22-10-4-2-1-3-5-10/h1-7H,8H2. The Morgan fingerprint density at radius 3 is 2.27 bits per heavy atom. The van der Waals surface area contributed by atoms with E-state index in [1.807, 2.05) is 0 Å². The van der Waals surface area contributed by atoms with E-state index < -0.39 is 17.5 Å². The van der Waals surface area contributed by atoms with Crippen molar-refractivity contribution in [3.05, 3.63) is 62.6 Å². The minimum atomic E-state index is -0.656. The zero-order valence-corrected chi connectivity index (χ0v) is 12.5. The number of rotatable bonds is 5. The molecule has 0 saturated carbocycles. The van der Waals surface area contributed by atoms with E-state index in [4.69, 9.17) is 32.7 Å². The molecule has 0 bridgehead atoms. The summed E-state index contributed by atoms with van der Waals surface area (Å²) in [5.74, 6) is -0.298. The molecule has 0 aliphatic carbocycles. The van der Waals surface area contributed by atoms with E-state index in [1.54, 1.807) is 30.3 Å². The molecular weight excluding hydrogens is 333 g/mol. The van der Waals surface area contributed by atoms with Gasteiger partial charge in [0.05, 0.1) is 15.0 Å². The number of nitrogens with zero attached hydrogens (tertiary/aromatic N) is 1. The van der Waals surface area contributed by atoms with Crippen molar-refractivity contribution in [1.82, 2.24) is 0 Å². The summed E-state index contributed by atoms with van der Waals surface area (Å²) in [5, 5.41) is 10.5. The van der Waals surface area contributed by atoms with E-state index >= 15 is 0 Å². The van der Waals surface area contributed by atoms with E-state index in [2.05, 4.69) is 0 Å². The van der Waals surface area contributed by atoms with Crippen LogP contribution in [0, 0.1) is 10.1 Å². The van der Waals surface area contributed by atoms with Crippen molar-refractivity contribution in [3.8, 4) is 11.5 Å². The first-order valence-corrected chi connectivity index (χ1v) is 6.75. The number of carbonyl (C=O) groups is 1. The van der Waals surface area contributed by atoms with Crippen molar-refractivity contribution < 1.29 is 19.2 Å². The van der Waals surface area contributed by atoms with Crippen LogP contribution in [0.3, 0.4) is 0 Å². The lowest BCUT2D eigenvalue weighted by atomic mass is 10.3. The van der Waals surface area contributed by atoms with Crippen molar-refractivity contribution in [2.45, 2.75) is 0 Å². The van der Waals surface area contributed by atoms with Crippen molar-refractivity contribution in [2.24, 2.45) is 0 Å². The van der Waals surface area contributed by atoms with Gasteiger partial charge in [-0.05, 0) is 12.1 Å². The predicted molar refractivity (Wildman–Crippen MR) is 80.7 cm³/mol. The van der Waals surface area contributed by atoms with Gasteiger partial charge < -0.3 is 9.47 Å². The van der Waals surface area contributed by atoms with Crippen LogP contribution in [0.4, 0.5) is 5.69 Å². The fourth-order valence-electron chi connectivity index (χ4n) is 1.57. The maximum Gasteiger partial charge on any atom is 0.349 e. The van der Waals surface area contributed by atoms with Gasteiger partial charge in [-0.2, -0.15) is 0 Å². The summed E-state index contributed by atoms with van der Waals surface area (Å²) >= 11 is 11.7. The maximum absolute atomic E-state index is 11.6. The monoisotopic (exact) mass is 341 g/mol. The number of nitro benzene ring substituents is 1. The van der Waals surface area contributed by atoms with Gasteiger partial charge in [0.2, 0.25) is 0 Å². The topological polar surface area (TPSA) is 78.7 Å². The Morgan fingerprint density at radius 2 is 1.73 bits per heavy atom. The molecule has 2 rings (SSSR count). The van der Waals surface area contributed by atoms with Crippen LogP contribution >= 0.6 is 23.2 Å². The Morgan fingerprint density at radius 1 is 1.14 bits per heavy atom. The molecule has 0 fully saturated rings. The minimum absolute atomic E-state index is 0.0149. The molecule has 0 spiro atoms. The van der Waals surface area contributed by atoms with Gasteiger partial charge in [-0.1, -0.05) is 41.4 Å². The number of benzene rings is 2. The lowest BCUT2D eigenvalue weighted by molar-refractivity contribution is -0.384. The van der Waals surface area contributed by atoms with Crippen LogP contribution in [0.5, 0.6) is 11.5 Å². The first-order valence-electron chi connectivity index (χ1n) is 5.99. The highest BCUT2D eigenvalue weighted by Crippen LogP contribution is 2.36. The van der Waals surface area contributed by atoms with E-state index in [1.165, 1.54) is 0 Å². The van der Waals surface area contributed by atoms with Crippen molar-refractivity contribution in [2.75, 3.05) is 6.61 Å². The van der Waals surface area contributed by atoms with Crippen molar-refractivity contribution in [3.63, 3.8) is 0 Å². The summed E-state index contributed by atoms with van der Waals surface area (Å²) in [6, 6.07) is 10.6. The zero-order valence-electron chi connectivity index (χ0n) is 11.0. The third-order valence-electron chi connectivity index (χ3n) is 2.50. The van der Waals surface area contributed by atoms with Gasteiger partial charge >= 0.3 is 5.97 Å². The Labute approximate surface area is 135 Å². The highest BCUT2D eigenvalue weighted by Gasteiger charge is 2.17. The summed E-state index contributed by atoms with van der Waals surface area (Å²) < 4.78 is 10.2. The molecule has 0 radical (unpaired) electrons. The van der Waals surface area contributed by atoms with Gasteiger partial charge in [-0.15, -0.1) is 0 Å². The fraction of sp³-hybridized carbons (Fsp3) is 0.0714. The second-order valence-electron chi connectivity index (χ2n) is 4.07. The number of carbonyl (C=O) groups excluding carboxylic acids is 1. The first kappa shape index (κ1) is 16.1. The Kier molecular flexibility index (Phi) is 5.19. The third kappa shape index (κ3) is 4.09. The van der Waals surface area contributed by atoms with Crippen LogP contribution in [0.2, 0.25) is 10.0 Å². The highest BCUT2D eigenvalue weighted by atomic mass is 35.5. The fourth-order valence-corrected chi connectivity index (χ4v) is 2.16. The summed E-state index contributed by atoms with van der Waals surface area (Å²) in [6.07, 6.45) is 0. The average Bonchev–Trinajstić information content (AvgIpc) is 2.47. The summed E-state index contributed by atoms with van der Waals surface area (Å²) in [4.78, 5) is 21.7. The number of non-ortho nitro benzene ring substituents is 1. The summed E-state index contributed by atoms with van der Waals surface area (Å²) in [6.45, 7) is -0.438.